The van der Waals surface area contributed by atoms with Crippen molar-refractivity contribution in [2.24, 2.45) is 5.92 Å². The molecule has 2 unspecified atom stereocenters. The van der Waals surface area contributed by atoms with Crippen molar-refractivity contribution in [3.8, 4) is 22.6 Å². The largest absolute Gasteiger partial charge is 0.493 e. The Kier molecular flexibility index (Phi) is 14.5. The van der Waals surface area contributed by atoms with Crippen LogP contribution >= 0.6 is 23.2 Å². The van der Waals surface area contributed by atoms with Crippen LogP contribution < -0.4 is 30.6 Å². The molecule has 2 fully saturated rings. The van der Waals surface area contributed by atoms with Crippen LogP contribution in [-0.2, 0) is 16.4 Å². The molecule has 4 aromatic carbocycles. The molecule has 0 spiro atoms. The van der Waals surface area contributed by atoms with Gasteiger partial charge in [-0.25, -0.2) is 13.4 Å². The van der Waals surface area contributed by atoms with Gasteiger partial charge in [0.15, 0.2) is 21.3 Å². The number of ether oxygens (including phenoxy) is 2. The molecule has 316 valence electrons. The first-order chi connectivity index (χ1) is 28.2. The van der Waals surface area contributed by atoms with E-state index in [0.29, 0.717) is 44.6 Å². The van der Waals surface area contributed by atoms with E-state index in [4.69, 9.17) is 37.7 Å². The molecule has 2 saturated heterocycles. The molecule has 0 amide bonds. The van der Waals surface area contributed by atoms with E-state index < -0.39 is 9.84 Å². The fourth-order valence-electron chi connectivity index (χ4n) is 8.01. The number of hydrogen-bond acceptors (Lipinski definition) is 10. The lowest BCUT2D eigenvalue weighted by Gasteiger charge is -2.35. The van der Waals surface area contributed by atoms with Crippen molar-refractivity contribution in [1.29, 1.82) is 0 Å². The number of halogens is 2. The molecular weight excluding hydrogens is 808 g/mol. The number of likely N-dealkylation sites (tertiary alicyclic amines) is 1. The minimum atomic E-state index is -3.42. The second-order valence-corrected chi connectivity index (χ2v) is 18.6. The van der Waals surface area contributed by atoms with E-state index in [1.807, 2.05) is 73.0 Å². The van der Waals surface area contributed by atoms with Gasteiger partial charge in [0.2, 0.25) is 0 Å². The number of aromatic nitrogens is 2. The molecule has 59 heavy (non-hydrogen) atoms. The zero-order valence-corrected chi connectivity index (χ0v) is 37.3. The van der Waals surface area contributed by atoms with E-state index in [1.165, 1.54) is 12.7 Å². The summed E-state index contributed by atoms with van der Waals surface area (Å²) < 4.78 is 37.6. The number of hydrogen-bond donors (Lipinski definition) is 2. The molecule has 5 aromatic rings. The van der Waals surface area contributed by atoms with Crippen LogP contribution in [0.1, 0.15) is 51.0 Å². The van der Waals surface area contributed by atoms with Crippen LogP contribution in [0.15, 0.2) is 82.5 Å². The molecular formula is C45H56Cl2N6O5S. The average Bonchev–Trinajstić information content (AvgIpc) is 3.22. The topological polar surface area (TPSA) is 118 Å². The fourth-order valence-corrected chi connectivity index (χ4v) is 9.18. The molecule has 0 aliphatic carbocycles. The molecule has 0 bridgehead atoms. The predicted octanol–water partition coefficient (Wildman–Crippen LogP) is 8.49. The van der Waals surface area contributed by atoms with Crippen molar-refractivity contribution < 1.29 is 17.9 Å². The molecule has 1 aromatic heterocycles. The maximum absolute atomic E-state index is 13.4. The molecule has 2 atom stereocenters. The number of benzene rings is 4. The lowest BCUT2D eigenvalue weighted by molar-refractivity contribution is 0.129. The summed E-state index contributed by atoms with van der Waals surface area (Å²) in [5.41, 5.74) is 5.17. The average molecular weight is 864 g/mol. The summed E-state index contributed by atoms with van der Waals surface area (Å²) in [6.45, 7) is 14.8. The van der Waals surface area contributed by atoms with Gasteiger partial charge in [-0.05, 0) is 113 Å². The summed E-state index contributed by atoms with van der Waals surface area (Å²) in [7, 11) is -0.306. The van der Waals surface area contributed by atoms with Crippen LogP contribution in [0.3, 0.4) is 0 Å². The van der Waals surface area contributed by atoms with E-state index in [-0.39, 0.29) is 16.5 Å². The van der Waals surface area contributed by atoms with Gasteiger partial charge in [0, 0.05) is 78.9 Å². The van der Waals surface area contributed by atoms with Gasteiger partial charge in [-0.1, -0.05) is 41.4 Å². The van der Waals surface area contributed by atoms with Crippen LogP contribution in [-0.4, -0.2) is 88.7 Å². The third-order valence-electron chi connectivity index (χ3n) is 11.2. The minimum absolute atomic E-state index is 0.0602. The normalized spacial score (nSPS) is 16.7. The Labute approximate surface area is 358 Å². The molecule has 2 aliphatic rings. The summed E-state index contributed by atoms with van der Waals surface area (Å²) in [6.07, 6.45) is 3.57. The number of methoxy groups -OCH3 is 2. The number of nitrogens with zero attached hydrogens (tertiary/aromatic N) is 4. The maximum Gasteiger partial charge on any atom is 0.261 e. The summed E-state index contributed by atoms with van der Waals surface area (Å²) in [6, 6.07) is 22.8. The number of piperazine rings is 1. The lowest BCUT2D eigenvalue weighted by Crippen LogP contribution is -2.43. The first-order valence-electron chi connectivity index (χ1n) is 20.2. The zero-order valence-electron chi connectivity index (χ0n) is 35.0. The van der Waals surface area contributed by atoms with Crippen LogP contribution in [0, 0.1) is 12.8 Å². The van der Waals surface area contributed by atoms with E-state index in [1.54, 1.807) is 32.4 Å². The van der Waals surface area contributed by atoms with Crippen molar-refractivity contribution in [3.05, 3.63) is 105 Å². The van der Waals surface area contributed by atoms with E-state index in [9.17, 15) is 13.2 Å². The Morgan fingerprint density at radius 2 is 1.61 bits per heavy atom. The number of nitrogens with one attached hydrogen (secondary N) is 2. The highest BCUT2D eigenvalue weighted by Gasteiger charge is 2.24. The number of aryl methyl sites for hydroxylation is 1. The van der Waals surface area contributed by atoms with Gasteiger partial charge in [-0.2, -0.15) is 0 Å². The van der Waals surface area contributed by atoms with Crippen LogP contribution in [0.4, 0.5) is 11.4 Å². The SMILES string of the molecule is COc1cc(Cl)cc(C(C)Nc2cc(N3CCNCC3)ccc2S(C)(=O)=O)c1OC.Cc1nc2ccc(-c3ccc(Cl)cc3)cc2c(=O)n1CC1CCCN(C(C)C)C1. The number of anilines is 2. The first-order valence-corrected chi connectivity index (χ1v) is 22.8. The summed E-state index contributed by atoms with van der Waals surface area (Å²) >= 11 is 12.3. The minimum Gasteiger partial charge on any atom is -0.493 e. The number of sulfone groups is 1. The first kappa shape index (κ1) is 44.2. The van der Waals surface area contributed by atoms with Crippen molar-refractivity contribution in [1.82, 2.24) is 19.8 Å². The monoisotopic (exact) mass is 862 g/mol. The van der Waals surface area contributed by atoms with Crippen molar-refractivity contribution in [2.45, 2.75) is 64.1 Å². The summed E-state index contributed by atoms with van der Waals surface area (Å²) in [5, 5.41) is 8.57. The van der Waals surface area contributed by atoms with Crippen molar-refractivity contribution in [2.75, 3.05) is 70.0 Å². The van der Waals surface area contributed by atoms with Gasteiger partial charge in [-0.3, -0.25) is 9.36 Å². The van der Waals surface area contributed by atoms with Gasteiger partial charge in [0.05, 0.1) is 41.7 Å². The highest BCUT2D eigenvalue weighted by molar-refractivity contribution is 7.90. The molecule has 2 aliphatic heterocycles. The van der Waals surface area contributed by atoms with Crippen molar-refractivity contribution >= 4 is 55.3 Å². The van der Waals surface area contributed by atoms with E-state index >= 15 is 0 Å². The Morgan fingerprint density at radius 1 is 0.898 bits per heavy atom. The second kappa shape index (κ2) is 19.4. The molecule has 0 radical (unpaired) electrons. The number of piperidine rings is 1. The van der Waals surface area contributed by atoms with E-state index in [0.717, 1.165) is 86.0 Å². The number of rotatable bonds is 11. The summed E-state index contributed by atoms with van der Waals surface area (Å²) in [4.78, 5) is 23.1. The van der Waals surface area contributed by atoms with Gasteiger partial charge in [0.1, 0.15) is 5.82 Å². The Hall–Kier alpha value is -4.33. The van der Waals surface area contributed by atoms with Crippen LogP contribution in [0.2, 0.25) is 10.0 Å². The molecule has 3 heterocycles. The molecule has 2 N–H and O–H groups in total. The second-order valence-electron chi connectivity index (χ2n) is 15.7. The number of fused-ring (bicyclic) bond motifs is 1. The summed E-state index contributed by atoms with van der Waals surface area (Å²) in [5.74, 6) is 2.36. The third-order valence-corrected chi connectivity index (χ3v) is 12.8. The molecule has 7 rings (SSSR count). The quantitative estimate of drug-likeness (QED) is 0.134. The molecule has 11 nitrogen and oxygen atoms in total. The highest BCUT2D eigenvalue weighted by atomic mass is 35.5. The predicted molar refractivity (Wildman–Crippen MR) is 242 cm³/mol. The Balaban J connectivity index is 0.000000198. The zero-order chi connectivity index (χ0) is 42.4. The third kappa shape index (κ3) is 10.7. The smallest absolute Gasteiger partial charge is 0.261 e. The Bertz CT molecular complexity index is 2420. The van der Waals surface area contributed by atoms with Crippen LogP contribution in [0.25, 0.3) is 22.0 Å². The van der Waals surface area contributed by atoms with Crippen LogP contribution in [0.5, 0.6) is 11.5 Å². The van der Waals surface area contributed by atoms with Gasteiger partial charge in [0.25, 0.3) is 5.56 Å². The Morgan fingerprint density at radius 3 is 2.27 bits per heavy atom. The van der Waals surface area contributed by atoms with Crippen molar-refractivity contribution in [3.63, 3.8) is 0 Å². The lowest BCUT2D eigenvalue weighted by atomic mass is 9.96. The highest BCUT2D eigenvalue weighted by Crippen LogP contribution is 2.40. The standard InChI is InChI=1S/C24H28ClN3O.C21H28ClN3O4S/c1-16(2)27-12-4-5-18(14-27)15-28-17(3)26-23-11-8-20(13-22(23)24(28)29)19-6-9-21(25)10-7-19;1-14(17-11-15(22)12-19(28-2)21(17)29-3)24-18-13-16(25-9-7-23-8-10-25)5-6-20(18)30(4,26)27/h6-11,13,16,18H,4-5,12,14-15H2,1-3H3;5-6,11-14,23-24H,7-10H2,1-4H3. The van der Waals surface area contributed by atoms with E-state index in [2.05, 4.69) is 34.3 Å². The van der Waals surface area contributed by atoms with Gasteiger partial charge < -0.3 is 29.9 Å². The maximum atomic E-state index is 13.4. The van der Waals surface area contributed by atoms with Gasteiger partial charge >= 0.3 is 0 Å². The van der Waals surface area contributed by atoms with Gasteiger partial charge in [-0.15, -0.1) is 0 Å². The molecule has 14 heteroatoms. The molecule has 0 saturated carbocycles. The fraction of sp³-hybridized carbons (Fsp3) is 0.422.